The molecule has 0 radical (unpaired) electrons. The van der Waals surface area contributed by atoms with Gasteiger partial charge < -0.3 is 4.57 Å². The molecule has 0 bridgehead atoms. The number of nitro benzene ring substituents is 1. The van der Waals surface area contributed by atoms with Crippen LogP contribution in [0, 0.1) is 15.9 Å². The Bertz CT molecular complexity index is 1420. The molecule has 1 aliphatic heterocycles. The third-order valence-corrected chi connectivity index (χ3v) is 9.07. The average molecular weight is 525 g/mol. The van der Waals surface area contributed by atoms with Gasteiger partial charge in [-0.3, -0.25) is 14.9 Å². The number of hydrogen-bond donors (Lipinski definition) is 0. The van der Waals surface area contributed by atoms with Gasteiger partial charge in [0.25, 0.3) is 11.6 Å². The van der Waals surface area contributed by atoms with Gasteiger partial charge in [-0.2, -0.15) is 21.1 Å². The van der Waals surface area contributed by atoms with Gasteiger partial charge in [-0.05, 0) is 49.4 Å². The van der Waals surface area contributed by atoms with Crippen LogP contribution in [0.2, 0.25) is 0 Å². The van der Waals surface area contributed by atoms with Gasteiger partial charge in [0.05, 0.1) is 20.0 Å². The first-order valence-electron chi connectivity index (χ1n) is 10.3. The average Bonchev–Trinajstić information content (AvgIpc) is 3.43. The van der Waals surface area contributed by atoms with Crippen LogP contribution >= 0.6 is 23.1 Å². The van der Waals surface area contributed by atoms with E-state index in [0.717, 1.165) is 39.0 Å². The van der Waals surface area contributed by atoms with E-state index in [-0.39, 0.29) is 17.1 Å². The predicted molar refractivity (Wildman–Crippen MR) is 129 cm³/mol. The number of nitrogens with zero attached hydrogens (tertiary/aromatic N) is 4. The summed E-state index contributed by atoms with van der Waals surface area (Å²) in [6.07, 6.45) is 2.76. The minimum Gasteiger partial charge on any atom is -0.316 e. The molecule has 1 aromatic heterocycles. The number of benzene rings is 2. The number of rotatable bonds is 7. The fourth-order valence-corrected chi connectivity index (χ4v) is 6.96. The summed E-state index contributed by atoms with van der Waals surface area (Å²) in [5.41, 5.74) is 0.661. The zero-order valence-corrected chi connectivity index (χ0v) is 20.5. The Labute approximate surface area is 203 Å². The first-order chi connectivity index (χ1) is 16.2. The fraction of sp³-hybridized carbons (Fsp3) is 0.333. The molecule has 1 unspecified atom stereocenters. The van der Waals surface area contributed by atoms with E-state index in [4.69, 9.17) is 0 Å². The molecule has 13 heteroatoms. The Morgan fingerprint density at radius 3 is 2.71 bits per heavy atom. The maximum atomic E-state index is 13.3. The van der Waals surface area contributed by atoms with Crippen molar-refractivity contribution < 1.29 is 22.5 Å². The summed E-state index contributed by atoms with van der Waals surface area (Å²) < 4.78 is 43.0. The topological polar surface area (TPSA) is 115 Å². The highest BCUT2D eigenvalue weighted by atomic mass is 32.2. The molecule has 1 atom stereocenters. The Balaban J connectivity index is 1.72. The lowest BCUT2D eigenvalue weighted by molar-refractivity contribution is -0.384. The lowest BCUT2D eigenvalue weighted by Gasteiger charge is -2.21. The number of non-ortho nitro benzene ring substituents is 1. The van der Waals surface area contributed by atoms with Crippen LogP contribution in [0.25, 0.3) is 10.2 Å². The largest absolute Gasteiger partial charge is 0.316 e. The van der Waals surface area contributed by atoms with E-state index in [1.165, 1.54) is 24.3 Å². The fourth-order valence-electron chi connectivity index (χ4n) is 3.84. The van der Waals surface area contributed by atoms with Crippen molar-refractivity contribution in [3.05, 3.63) is 63.2 Å². The Morgan fingerprint density at radius 1 is 1.29 bits per heavy atom. The molecule has 1 fully saturated rings. The SMILES string of the molecule is CSCCn1c(=NC(=O)C2CCCN2S(=O)(=O)c2ccc(F)cc2)sc2cc([N+](=O)[O-])ccc21. The quantitative estimate of drug-likeness (QED) is 0.346. The molecule has 9 nitrogen and oxygen atoms in total. The zero-order valence-electron chi connectivity index (χ0n) is 18.1. The highest BCUT2D eigenvalue weighted by molar-refractivity contribution is 7.98. The molecular formula is C21H21FN4O5S3. The van der Waals surface area contributed by atoms with Crippen LogP contribution in [0.5, 0.6) is 0 Å². The number of thioether (sulfide) groups is 1. The molecule has 34 heavy (non-hydrogen) atoms. The number of aryl methyl sites for hydroxylation is 1. The Hall–Kier alpha value is -2.61. The smallest absolute Gasteiger partial charge is 0.270 e. The summed E-state index contributed by atoms with van der Waals surface area (Å²) in [5, 5.41) is 11.2. The van der Waals surface area contributed by atoms with Gasteiger partial charge in [0, 0.05) is 31.0 Å². The van der Waals surface area contributed by atoms with E-state index < -0.39 is 32.7 Å². The molecular weight excluding hydrogens is 503 g/mol. The summed E-state index contributed by atoms with van der Waals surface area (Å²) in [7, 11) is -4.00. The van der Waals surface area contributed by atoms with Crippen molar-refractivity contribution in [2.45, 2.75) is 30.3 Å². The number of hydrogen-bond acceptors (Lipinski definition) is 7. The van der Waals surface area contributed by atoms with Crippen molar-refractivity contribution in [2.75, 3.05) is 18.6 Å². The van der Waals surface area contributed by atoms with Gasteiger partial charge in [0.2, 0.25) is 10.0 Å². The molecule has 1 aliphatic rings. The van der Waals surface area contributed by atoms with Crippen LogP contribution in [0.1, 0.15) is 12.8 Å². The molecule has 3 aromatic rings. The summed E-state index contributed by atoms with van der Waals surface area (Å²) in [6, 6.07) is 8.00. The van der Waals surface area contributed by atoms with Crippen LogP contribution in [0.4, 0.5) is 10.1 Å². The number of nitro groups is 1. The number of thiazole rings is 1. The molecule has 4 rings (SSSR count). The van der Waals surface area contributed by atoms with Crippen LogP contribution in [-0.4, -0.2) is 52.7 Å². The minimum absolute atomic E-state index is 0.0593. The third kappa shape index (κ3) is 4.78. The molecule has 0 saturated carbocycles. The second-order valence-corrected chi connectivity index (χ2v) is 11.5. The van der Waals surface area contributed by atoms with Gasteiger partial charge >= 0.3 is 0 Å². The molecule has 2 aromatic carbocycles. The highest BCUT2D eigenvalue weighted by Crippen LogP contribution is 2.28. The zero-order chi connectivity index (χ0) is 24.5. The second kappa shape index (κ2) is 9.94. The van der Waals surface area contributed by atoms with Crippen molar-refractivity contribution in [3.8, 4) is 0 Å². The molecule has 180 valence electrons. The second-order valence-electron chi connectivity index (χ2n) is 7.62. The van der Waals surface area contributed by atoms with Crippen molar-refractivity contribution in [2.24, 2.45) is 4.99 Å². The number of carbonyl (C=O) groups excluding carboxylic acids is 1. The molecule has 1 amide bonds. The van der Waals surface area contributed by atoms with Crippen molar-refractivity contribution in [1.82, 2.24) is 8.87 Å². The minimum atomic E-state index is -4.00. The monoisotopic (exact) mass is 524 g/mol. The summed E-state index contributed by atoms with van der Waals surface area (Å²) in [4.78, 5) is 28.4. The van der Waals surface area contributed by atoms with Crippen LogP contribution in [-0.2, 0) is 21.4 Å². The van der Waals surface area contributed by atoms with Crippen molar-refractivity contribution in [3.63, 3.8) is 0 Å². The van der Waals surface area contributed by atoms with Crippen molar-refractivity contribution in [1.29, 1.82) is 0 Å². The number of fused-ring (bicyclic) bond motifs is 1. The number of sulfonamides is 1. The molecule has 1 saturated heterocycles. The van der Waals surface area contributed by atoms with Crippen LogP contribution in [0.15, 0.2) is 52.4 Å². The standard InChI is InChI=1S/C21H21FN4O5S3/c1-32-12-11-24-17-9-6-15(26(28)29)13-19(17)33-21(24)23-20(27)18-3-2-10-25(18)34(30,31)16-7-4-14(22)5-8-16/h4-9,13,18H,2-3,10-12H2,1H3. The van der Waals surface area contributed by atoms with E-state index in [1.54, 1.807) is 17.8 Å². The molecule has 0 aliphatic carbocycles. The Kier molecular flexibility index (Phi) is 7.17. The molecule has 0 spiro atoms. The normalized spacial score (nSPS) is 17.5. The van der Waals surface area contributed by atoms with E-state index in [1.807, 2.05) is 10.8 Å². The van der Waals surface area contributed by atoms with Gasteiger partial charge in [-0.15, -0.1) is 0 Å². The number of halogens is 1. The van der Waals surface area contributed by atoms with Gasteiger partial charge in [0.1, 0.15) is 11.9 Å². The summed E-state index contributed by atoms with van der Waals surface area (Å²) in [6.45, 7) is 0.698. The number of amides is 1. The van der Waals surface area contributed by atoms with E-state index >= 15 is 0 Å². The Morgan fingerprint density at radius 2 is 2.03 bits per heavy atom. The van der Waals surface area contributed by atoms with E-state index in [9.17, 15) is 27.7 Å². The number of aromatic nitrogens is 1. The van der Waals surface area contributed by atoms with E-state index in [0.29, 0.717) is 28.9 Å². The van der Waals surface area contributed by atoms with Crippen LogP contribution < -0.4 is 4.80 Å². The lowest BCUT2D eigenvalue weighted by Crippen LogP contribution is -2.40. The molecule has 0 N–H and O–H groups in total. The van der Waals surface area contributed by atoms with Crippen LogP contribution in [0.3, 0.4) is 0 Å². The number of carbonyl (C=O) groups is 1. The maximum Gasteiger partial charge on any atom is 0.270 e. The summed E-state index contributed by atoms with van der Waals surface area (Å²) >= 11 is 2.76. The first-order valence-corrected chi connectivity index (χ1v) is 14.0. The highest BCUT2D eigenvalue weighted by Gasteiger charge is 2.39. The first kappa shape index (κ1) is 24.5. The third-order valence-electron chi connectivity index (χ3n) is 5.51. The summed E-state index contributed by atoms with van der Waals surface area (Å²) in [5.74, 6) is -0.413. The molecule has 2 heterocycles. The van der Waals surface area contributed by atoms with Crippen molar-refractivity contribution >= 4 is 54.9 Å². The van der Waals surface area contributed by atoms with Gasteiger partial charge in [0.15, 0.2) is 4.80 Å². The van der Waals surface area contributed by atoms with Gasteiger partial charge in [-0.25, -0.2) is 12.8 Å². The maximum absolute atomic E-state index is 13.3. The predicted octanol–water partition coefficient (Wildman–Crippen LogP) is 3.39. The lowest BCUT2D eigenvalue weighted by atomic mass is 10.2. The van der Waals surface area contributed by atoms with Gasteiger partial charge in [-0.1, -0.05) is 11.3 Å². The van der Waals surface area contributed by atoms with E-state index in [2.05, 4.69) is 4.99 Å².